The van der Waals surface area contributed by atoms with Crippen molar-refractivity contribution in [3.63, 3.8) is 0 Å². The van der Waals surface area contributed by atoms with E-state index in [1.807, 2.05) is 0 Å². The molecule has 0 aromatic carbocycles. The average molecular weight is 406 g/mol. The molecular formula is C17H24F2N2O5S. The van der Waals surface area contributed by atoms with Crippen molar-refractivity contribution in [3.8, 4) is 5.88 Å². The van der Waals surface area contributed by atoms with Crippen LogP contribution in [0.2, 0.25) is 0 Å². The van der Waals surface area contributed by atoms with E-state index in [1.54, 1.807) is 25.7 Å². The molecule has 1 aliphatic heterocycles. The molecule has 0 radical (unpaired) electrons. The summed E-state index contributed by atoms with van der Waals surface area (Å²) in [4.78, 5) is 17.2. The molecule has 0 unspecified atom stereocenters. The van der Waals surface area contributed by atoms with E-state index < -0.39 is 28.1 Å². The zero-order chi connectivity index (χ0) is 20.2. The molecule has 1 amide bonds. The first-order chi connectivity index (χ1) is 12.5. The van der Waals surface area contributed by atoms with E-state index in [9.17, 15) is 22.0 Å². The lowest BCUT2D eigenvalue weighted by atomic mass is 9.99. The number of likely N-dealkylation sites (tertiary alicyclic amines) is 1. The minimum absolute atomic E-state index is 0.0429. The molecule has 1 aromatic heterocycles. The molecule has 0 bridgehead atoms. The van der Waals surface area contributed by atoms with Gasteiger partial charge < -0.3 is 14.4 Å². The summed E-state index contributed by atoms with van der Waals surface area (Å²) in [5.41, 5.74) is -0.579. The molecule has 0 N–H and O–H groups in total. The van der Waals surface area contributed by atoms with Crippen LogP contribution in [0.25, 0.3) is 0 Å². The first kappa shape index (κ1) is 21.3. The van der Waals surface area contributed by atoms with Gasteiger partial charge in [-0.3, -0.25) is 0 Å². The fourth-order valence-electron chi connectivity index (χ4n) is 2.73. The van der Waals surface area contributed by atoms with E-state index in [0.29, 0.717) is 25.9 Å². The number of hydrogen-bond donors (Lipinski definition) is 0. The van der Waals surface area contributed by atoms with Gasteiger partial charge in [0.05, 0.1) is 10.6 Å². The first-order valence-corrected chi connectivity index (χ1v) is 10.2. The number of aromatic nitrogens is 1. The summed E-state index contributed by atoms with van der Waals surface area (Å²) in [6.07, 6.45) is 1.70. The molecule has 7 nitrogen and oxygen atoms in total. The molecule has 1 saturated heterocycles. The minimum Gasteiger partial charge on any atom is -0.444 e. The number of piperidine rings is 1. The van der Waals surface area contributed by atoms with Gasteiger partial charge in [0.1, 0.15) is 5.60 Å². The predicted octanol–water partition coefficient (Wildman–Crippen LogP) is 3.10. The third-order valence-electron chi connectivity index (χ3n) is 4.00. The molecule has 1 fully saturated rings. The smallest absolute Gasteiger partial charge is 0.410 e. The van der Waals surface area contributed by atoms with Crippen molar-refractivity contribution in [2.24, 2.45) is 5.92 Å². The summed E-state index contributed by atoms with van der Waals surface area (Å²) in [6, 6.07) is 2.31. The van der Waals surface area contributed by atoms with Crippen LogP contribution in [-0.4, -0.2) is 55.4 Å². The number of ether oxygens (including phenoxy) is 2. The van der Waals surface area contributed by atoms with Gasteiger partial charge in [0.15, 0.2) is 9.84 Å². The van der Waals surface area contributed by atoms with Crippen LogP contribution in [-0.2, 0) is 14.6 Å². The molecule has 27 heavy (non-hydrogen) atoms. The molecule has 2 rings (SSSR count). The van der Waals surface area contributed by atoms with E-state index >= 15 is 0 Å². The van der Waals surface area contributed by atoms with Gasteiger partial charge in [0.2, 0.25) is 5.88 Å². The Hall–Kier alpha value is -1.97. The van der Waals surface area contributed by atoms with Crippen LogP contribution in [0.4, 0.5) is 13.6 Å². The highest BCUT2D eigenvalue weighted by Gasteiger charge is 2.30. The number of alkyl halides is 2. The van der Waals surface area contributed by atoms with Gasteiger partial charge in [-0.25, -0.2) is 18.2 Å². The van der Waals surface area contributed by atoms with Crippen molar-refractivity contribution < 1.29 is 31.5 Å². The molecule has 2 heterocycles. The van der Waals surface area contributed by atoms with Gasteiger partial charge >= 0.3 is 12.7 Å². The Labute approximate surface area is 157 Å². The monoisotopic (exact) mass is 406 g/mol. The lowest BCUT2D eigenvalue weighted by Crippen LogP contribution is -2.42. The second-order valence-corrected chi connectivity index (χ2v) is 9.44. The molecular weight excluding hydrogens is 382 g/mol. The Morgan fingerprint density at radius 1 is 1.30 bits per heavy atom. The van der Waals surface area contributed by atoms with E-state index in [2.05, 4.69) is 9.72 Å². The number of carbonyl (C=O) groups excluding carboxylic acids is 1. The number of rotatable bonds is 5. The van der Waals surface area contributed by atoms with Crippen molar-refractivity contribution in [2.45, 2.75) is 50.7 Å². The van der Waals surface area contributed by atoms with Gasteiger partial charge in [-0.1, -0.05) is 0 Å². The summed E-state index contributed by atoms with van der Waals surface area (Å²) >= 11 is 0. The molecule has 0 spiro atoms. The largest absolute Gasteiger partial charge is 0.444 e. The Kier molecular flexibility index (Phi) is 6.61. The fourth-order valence-corrected chi connectivity index (χ4v) is 4.36. The van der Waals surface area contributed by atoms with Gasteiger partial charge in [-0.2, -0.15) is 8.78 Å². The fraction of sp³-hybridized carbons (Fsp3) is 0.647. The van der Waals surface area contributed by atoms with Crippen molar-refractivity contribution in [2.75, 3.05) is 18.8 Å². The summed E-state index contributed by atoms with van der Waals surface area (Å²) in [7, 11) is -3.61. The van der Waals surface area contributed by atoms with Crippen LogP contribution in [0.5, 0.6) is 5.88 Å². The maximum absolute atomic E-state index is 12.5. The summed E-state index contributed by atoms with van der Waals surface area (Å²) < 4.78 is 58.7. The third kappa shape index (κ3) is 6.60. The second kappa shape index (κ2) is 8.37. The molecule has 0 aliphatic carbocycles. The number of nitrogens with zero attached hydrogens (tertiary/aromatic N) is 2. The van der Waals surface area contributed by atoms with Gasteiger partial charge in [0.25, 0.3) is 0 Å². The zero-order valence-electron chi connectivity index (χ0n) is 15.5. The normalized spacial score (nSPS) is 16.4. The van der Waals surface area contributed by atoms with Gasteiger partial charge in [-0.05, 0) is 45.6 Å². The number of carbonyl (C=O) groups is 1. The van der Waals surface area contributed by atoms with E-state index in [0.717, 1.165) is 12.3 Å². The third-order valence-corrected chi connectivity index (χ3v) is 5.87. The number of hydrogen-bond acceptors (Lipinski definition) is 6. The molecule has 0 atom stereocenters. The molecule has 1 aliphatic rings. The van der Waals surface area contributed by atoms with Crippen LogP contribution in [0, 0.1) is 5.92 Å². The first-order valence-electron chi connectivity index (χ1n) is 8.58. The van der Waals surface area contributed by atoms with E-state index in [4.69, 9.17) is 4.74 Å². The van der Waals surface area contributed by atoms with Crippen LogP contribution in [0.3, 0.4) is 0 Å². The second-order valence-electron chi connectivity index (χ2n) is 7.40. The highest BCUT2D eigenvalue weighted by atomic mass is 32.2. The Balaban J connectivity index is 1.91. The van der Waals surface area contributed by atoms with Crippen molar-refractivity contribution in [1.29, 1.82) is 0 Å². The lowest BCUT2D eigenvalue weighted by molar-refractivity contribution is -0.0529. The SMILES string of the molecule is CC(C)(C)OC(=O)N1CCC(CS(=O)(=O)c2ccc(OC(F)F)nc2)CC1. The van der Waals surface area contributed by atoms with Crippen LogP contribution in [0.1, 0.15) is 33.6 Å². The summed E-state index contributed by atoms with van der Waals surface area (Å²) in [5, 5.41) is 0. The van der Waals surface area contributed by atoms with Crippen LogP contribution in [0.15, 0.2) is 23.2 Å². The van der Waals surface area contributed by atoms with E-state index in [1.165, 1.54) is 6.07 Å². The van der Waals surface area contributed by atoms with Crippen molar-refractivity contribution in [3.05, 3.63) is 18.3 Å². The number of sulfone groups is 1. The number of pyridine rings is 1. The molecule has 0 saturated carbocycles. The minimum atomic E-state index is -3.61. The Bertz CT molecular complexity index is 740. The van der Waals surface area contributed by atoms with Crippen LogP contribution >= 0.6 is 0 Å². The van der Waals surface area contributed by atoms with Crippen molar-refractivity contribution in [1.82, 2.24) is 9.88 Å². The maximum Gasteiger partial charge on any atom is 0.410 e. The zero-order valence-corrected chi connectivity index (χ0v) is 16.3. The van der Waals surface area contributed by atoms with E-state index in [-0.39, 0.29) is 22.4 Å². The summed E-state index contributed by atoms with van der Waals surface area (Å²) in [6.45, 7) is 3.19. The average Bonchev–Trinajstić information content (AvgIpc) is 2.53. The quantitative estimate of drug-likeness (QED) is 0.747. The standard InChI is InChI=1S/C17H24F2N2O5S/c1-17(2,3)26-16(22)21-8-6-12(7-9-21)11-27(23,24)13-4-5-14(20-10-13)25-15(18)19/h4-5,10,12,15H,6-9,11H2,1-3H3. The Morgan fingerprint density at radius 3 is 2.41 bits per heavy atom. The maximum atomic E-state index is 12.5. The molecule has 152 valence electrons. The van der Waals surface area contributed by atoms with Gasteiger partial charge in [-0.15, -0.1) is 0 Å². The highest BCUT2D eigenvalue weighted by Crippen LogP contribution is 2.24. The summed E-state index contributed by atoms with van der Waals surface area (Å²) in [5.74, 6) is -0.536. The van der Waals surface area contributed by atoms with Crippen LogP contribution < -0.4 is 4.74 Å². The lowest BCUT2D eigenvalue weighted by Gasteiger charge is -2.33. The molecule has 10 heteroatoms. The van der Waals surface area contributed by atoms with Gasteiger partial charge in [0, 0.05) is 25.4 Å². The highest BCUT2D eigenvalue weighted by molar-refractivity contribution is 7.91. The topological polar surface area (TPSA) is 85.8 Å². The molecule has 1 aromatic rings. The Morgan fingerprint density at radius 2 is 1.93 bits per heavy atom. The predicted molar refractivity (Wildman–Crippen MR) is 93.5 cm³/mol. The number of amides is 1. The number of halogens is 2. The van der Waals surface area contributed by atoms with Crippen molar-refractivity contribution >= 4 is 15.9 Å².